The van der Waals surface area contributed by atoms with Crippen molar-refractivity contribution in [1.82, 2.24) is 15.1 Å². The average Bonchev–Trinajstić information content (AvgIpc) is 3.23. The minimum Gasteiger partial charge on any atom is -0.353 e. The first-order valence-electron chi connectivity index (χ1n) is 9.59. The maximum absolute atomic E-state index is 12.9. The molecule has 3 heterocycles. The summed E-state index contributed by atoms with van der Waals surface area (Å²) in [4.78, 5) is 42.2. The van der Waals surface area contributed by atoms with Gasteiger partial charge < -0.3 is 10.2 Å². The molecule has 4 amide bonds. The number of hydrogen-bond acceptors (Lipinski definition) is 4. The second kappa shape index (κ2) is 7.39. The molecule has 4 rings (SSSR count). The molecule has 1 N–H and O–H groups in total. The van der Waals surface area contributed by atoms with Crippen molar-refractivity contribution < 1.29 is 14.4 Å². The van der Waals surface area contributed by atoms with Gasteiger partial charge in [-0.05, 0) is 37.1 Å². The molecule has 7 heteroatoms. The topological polar surface area (TPSA) is 69.7 Å². The third-order valence-electron chi connectivity index (χ3n) is 5.80. The van der Waals surface area contributed by atoms with Crippen LogP contribution in [0.2, 0.25) is 0 Å². The molecule has 26 heavy (non-hydrogen) atoms. The minimum atomic E-state index is -0.398. The number of imide groups is 1. The van der Waals surface area contributed by atoms with Gasteiger partial charge in [0.25, 0.3) is 5.91 Å². The van der Waals surface area contributed by atoms with E-state index in [0.29, 0.717) is 25.8 Å². The third-order valence-corrected chi connectivity index (χ3v) is 6.67. The molecule has 0 bridgehead atoms. The highest BCUT2D eigenvalue weighted by molar-refractivity contribution is 7.10. The molecule has 2 aliphatic heterocycles. The fourth-order valence-corrected chi connectivity index (χ4v) is 5.18. The van der Waals surface area contributed by atoms with Crippen LogP contribution < -0.4 is 5.32 Å². The van der Waals surface area contributed by atoms with Gasteiger partial charge in [0.15, 0.2) is 0 Å². The standard InChI is InChI=1S/C19H25N3O3S/c23-17(12-15-7-4-10-26-15)20-13-8-9-21-16(11-13)18(24)22(19(21)25)14-5-2-1-3-6-14/h4,7,10,13-14,16H,1-3,5-6,8-9,11-12H2,(H,20,23)/t13-,16+/m1/s1. The number of carbonyl (C=O) groups excluding carboxylic acids is 3. The smallest absolute Gasteiger partial charge is 0.327 e. The molecule has 1 aliphatic carbocycles. The van der Waals surface area contributed by atoms with Crippen molar-refractivity contribution in [3.8, 4) is 0 Å². The Labute approximate surface area is 157 Å². The predicted octanol–water partition coefficient (Wildman–Crippen LogP) is 2.53. The van der Waals surface area contributed by atoms with Crippen molar-refractivity contribution in [3.05, 3.63) is 22.4 Å². The van der Waals surface area contributed by atoms with Gasteiger partial charge in [-0.1, -0.05) is 25.3 Å². The quantitative estimate of drug-likeness (QED) is 0.822. The fourth-order valence-electron chi connectivity index (χ4n) is 4.48. The number of amides is 4. The number of nitrogens with zero attached hydrogens (tertiary/aromatic N) is 2. The van der Waals surface area contributed by atoms with E-state index in [0.717, 1.165) is 30.6 Å². The van der Waals surface area contributed by atoms with Gasteiger partial charge in [-0.3, -0.25) is 14.5 Å². The van der Waals surface area contributed by atoms with Crippen LogP contribution >= 0.6 is 11.3 Å². The van der Waals surface area contributed by atoms with E-state index >= 15 is 0 Å². The molecular weight excluding hydrogens is 350 g/mol. The lowest BCUT2D eigenvalue weighted by Gasteiger charge is -2.32. The van der Waals surface area contributed by atoms with E-state index in [2.05, 4.69) is 5.32 Å². The van der Waals surface area contributed by atoms with Crippen LogP contribution in [0.4, 0.5) is 4.79 Å². The predicted molar refractivity (Wildman–Crippen MR) is 98.8 cm³/mol. The van der Waals surface area contributed by atoms with Gasteiger partial charge in [0.2, 0.25) is 5.91 Å². The highest BCUT2D eigenvalue weighted by atomic mass is 32.1. The van der Waals surface area contributed by atoms with Gasteiger partial charge >= 0.3 is 6.03 Å². The van der Waals surface area contributed by atoms with Crippen LogP contribution in [0.25, 0.3) is 0 Å². The number of nitrogens with one attached hydrogen (secondary N) is 1. The first-order valence-corrected chi connectivity index (χ1v) is 10.5. The Morgan fingerprint density at radius 1 is 1.19 bits per heavy atom. The molecule has 6 nitrogen and oxygen atoms in total. The summed E-state index contributed by atoms with van der Waals surface area (Å²) in [6, 6.07) is 3.41. The minimum absolute atomic E-state index is 0.00758. The monoisotopic (exact) mass is 375 g/mol. The molecule has 0 aromatic carbocycles. The lowest BCUT2D eigenvalue weighted by atomic mass is 9.93. The average molecular weight is 375 g/mol. The first kappa shape index (κ1) is 17.5. The molecule has 1 saturated carbocycles. The molecule has 0 spiro atoms. The largest absolute Gasteiger partial charge is 0.353 e. The van der Waals surface area contributed by atoms with E-state index in [9.17, 15) is 14.4 Å². The molecule has 0 unspecified atom stereocenters. The Balaban J connectivity index is 1.37. The van der Waals surface area contributed by atoms with Gasteiger partial charge in [0.05, 0.1) is 6.42 Å². The molecular formula is C19H25N3O3S. The van der Waals surface area contributed by atoms with Crippen LogP contribution in [0.1, 0.15) is 49.8 Å². The van der Waals surface area contributed by atoms with Crippen molar-refractivity contribution in [2.24, 2.45) is 0 Å². The highest BCUT2D eigenvalue weighted by Crippen LogP contribution is 2.32. The van der Waals surface area contributed by atoms with Gasteiger partial charge in [0, 0.05) is 23.5 Å². The molecule has 2 atom stereocenters. The third kappa shape index (κ3) is 3.37. The zero-order valence-corrected chi connectivity index (χ0v) is 15.7. The van der Waals surface area contributed by atoms with Crippen LogP contribution in [-0.4, -0.2) is 52.3 Å². The summed E-state index contributed by atoms with van der Waals surface area (Å²) >= 11 is 1.57. The van der Waals surface area contributed by atoms with Crippen LogP contribution in [0.3, 0.4) is 0 Å². The summed E-state index contributed by atoms with van der Waals surface area (Å²) in [5.74, 6) is -0.0640. The zero-order valence-electron chi connectivity index (χ0n) is 14.9. The maximum atomic E-state index is 12.9. The van der Waals surface area contributed by atoms with E-state index in [4.69, 9.17) is 0 Å². The summed E-state index contributed by atoms with van der Waals surface area (Å²) in [5.41, 5.74) is 0. The van der Waals surface area contributed by atoms with E-state index in [1.807, 2.05) is 17.5 Å². The van der Waals surface area contributed by atoms with Crippen molar-refractivity contribution in [2.45, 2.75) is 69.5 Å². The molecule has 140 valence electrons. The Bertz CT molecular complexity index is 684. The van der Waals surface area contributed by atoms with Gasteiger partial charge in [0.1, 0.15) is 6.04 Å². The van der Waals surface area contributed by atoms with Gasteiger partial charge in [-0.2, -0.15) is 0 Å². The van der Waals surface area contributed by atoms with Crippen LogP contribution in [0.5, 0.6) is 0 Å². The van der Waals surface area contributed by atoms with Crippen LogP contribution in [0, 0.1) is 0 Å². The summed E-state index contributed by atoms with van der Waals surface area (Å²) in [5, 5.41) is 5.02. The molecule has 1 aromatic heterocycles. The normalized spacial score (nSPS) is 26.9. The number of carbonyl (C=O) groups is 3. The Morgan fingerprint density at radius 3 is 2.73 bits per heavy atom. The summed E-state index contributed by atoms with van der Waals surface area (Å²) < 4.78 is 0. The second-order valence-electron chi connectivity index (χ2n) is 7.54. The number of piperidine rings is 1. The van der Waals surface area contributed by atoms with Crippen molar-refractivity contribution >= 4 is 29.2 Å². The highest BCUT2D eigenvalue weighted by Gasteiger charge is 2.50. The van der Waals surface area contributed by atoms with E-state index in [1.54, 1.807) is 16.2 Å². The second-order valence-corrected chi connectivity index (χ2v) is 8.57. The Kier molecular flexibility index (Phi) is 4.98. The Morgan fingerprint density at radius 2 is 2.00 bits per heavy atom. The molecule has 0 radical (unpaired) electrons. The Hall–Kier alpha value is -1.89. The van der Waals surface area contributed by atoms with Crippen molar-refractivity contribution in [3.63, 3.8) is 0 Å². The SMILES string of the molecule is O=C(Cc1cccs1)N[C@@H]1CCN2C(=O)N(C3CCCCC3)C(=O)[C@@H]2C1. The lowest BCUT2D eigenvalue weighted by Crippen LogP contribution is -2.50. The van der Waals surface area contributed by atoms with Crippen LogP contribution in [-0.2, 0) is 16.0 Å². The van der Waals surface area contributed by atoms with Crippen molar-refractivity contribution in [1.29, 1.82) is 0 Å². The maximum Gasteiger partial charge on any atom is 0.327 e. The van der Waals surface area contributed by atoms with Gasteiger partial charge in [-0.15, -0.1) is 11.3 Å². The number of rotatable bonds is 4. The summed E-state index contributed by atoms with van der Waals surface area (Å²) in [6.45, 7) is 0.544. The molecule has 3 aliphatic rings. The number of thiophene rings is 1. The molecule has 3 fully saturated rings. The molecule has 2 saturated heterocycles. The fraction of sp³-hybridized carbons (Fsp3) is 0.632. The summed E-state index contributed by atoms with van der Waals surface area (Å²) in [6.07, 6.45) is 6.86. The number of urea groups is 1. The van der Waals surface area contributed by atoms with E-state index < -0.39 is 6.04 Å². The first-order chi connectivity index (χ1) is 12.6. The van der Waals surface area contributed by atoms with Crippen LogP contribution in [0.15, 0.2) is 17.5 Å². The van der Waals surface area contributed by atoms with E-state index in [-0.39, 0.29) is 29.9 Å². The number of hydrogen-bond donors (Lipinski definition) is 1. The summed E-state index contributed by atoms with van der Waals surface area (Å²) in [7, 11) is 0. The zero-order chi connectivity index (χ0) is 18.1. The van der Waals surface area contributed by atoms with E-state index in [1.165, 1.54) is 11.3 Å². The van der Waals surface area contributed by atoms with Crippen molar-refractivity contribution in [2.75, 3.05) is 6.54 Å². The van der Waals surface area contributed by atoms with Gasteiger partial charge in [-0.25, -0.2) is 4.79 Å². The number of fused-ring (bicyclic) bond motifs is 1. The molecule has 1 aromatic rings. The lowest BCUT2D eigenvalue weighted by molar-refractivity contribution is -0.131.